The van der Waals surface area contributed by atoms with Gasteiger partial charge in [0, 0.05) is 10.6 Å². The number of sulfonamides is 1. The van der Waals surface area contributed by atoms with Gasteiger partial charge in [-0.2, -0.15) is 0 Å². The van der Waals surface area contributed by atoms with Gasteiger partial charge in [0.05, 0.1) is 10.1 Å². The van der Waals surface area contributed by atoms with Crippen LogP contribution in [0, 0.1) is 6.92 Å². The summed E-state index contributed by atoms with van der Waals surface area (Å²) >= 11 is 1.50. The third-order valence-electron chi connectivity index (χ3n) is 3.41. The highest BCUT2D eigenvalue weighted by molar-refractivity contribution is 8.00. The van der Waals surface area contributed by atoms with Gasteiger partial charge in [-0.25, -0.2) is 13.6 Å². The summed E-state index contributed by atoms with van der Waals surface area (Å²) in [5.74, 6) is -0.119. The molecular formula is C17H20N2O3S2. The quantitative estimate of drug-likeness (QED) is 0.771. The molecule has 3 N–H and O–H groups in total. The Hall–Kier alpha value is -1.83. The van der Waals surface area contributed by atoms with Crippen LogP contribution in [-0.2, 0) is 14.8 Å². The molecule has 7 heteroatoms. The van der Waals surface area contributed by atoms with Gasteiger partial charge in [0.15, 0.2) is 0 Å². The van der Waals surface area contributed by atoms with Gasteiger partial charge in [-0.1, -0.05) is 24.6 Å². The fourth-order valence-corrected chi connectivity index (χ4v) is 3.52. The van der Waals surface area contributed by atoms with Crippen LogP contribution in [0.4, 0.5) is 5.69 Å². The molecule has 0 heterocycles. The molecule has 0 saturated heterocycles. The van der Waals surface area contributed by atoms with Crippen molar-refractivity contribution >= 4 is 33.4 Å². The van der Waals surface area contributed by atoms with Gasteiger partial charge in [-0.05, 0) is 49.7 Å². The molecule has 5 nitrogen and oxygen atoms in total. The lowest BCUT2D eigenvalue weighted by molar-refractivity contribution is -0.115. The number of carbonyl (C=O) groups is 1. The summed E-state index contributed by atoms with van der Waals surface area (Å²) in [6, 6.07) is 13.8. The Morgan fingerprint density at radius 2 is 1.71 bits per heavy atom. The van der Waals surface area contributed by atoms with E-state index in [0.717, 1.165) is 4.90 Å². The van der Waals surface area contributed by atoms with Gasteiger partial charge in [-0.3, -0.25) is 4.79 Å². The second-order valence-corrected chi connectivity index (χ2v) is 8.22. The van der Waals surface area contributed by atoms with Crippen LogP contribution in [0.2, 0.25) is 0 Å². The van der Waals surface area contributed by atoms with Gasteiger partial charge in [0.1, 0.15) is 0 Å². The number of thioether (sulfide) groups is 1. The minimum absolute atomic E-state index is 0.0153. The van der Waals surface area contributed by atoms with Crippen LogP contribution in [0.3, 0.4) is 0 Å². The Morgan fingerprint density at radius 3 is 2.21 bits per heavy atom. The molecule has 2 aromatic carbocycles. The standard InChI is InChI=1S/C17H20N2O3S2/c1-3-16(23-14-8-4-12(2)5-9-14)17(20)19-13-6-10-15(11-7-13)24(18,21)22/h4-11,16H,3H2,1-2H3,(H,19,20)(H2,18,21,22). The van der Waals surface area contributed by atoms with Crippen molar-refractivity contribution in [1.82, 2.24) is 0 Å². The molecule has 2 aromatic rings. The van der Waals surface area contributed by atoms with Gasteiger partial charge in [0.2, 0.25) is 15.9 Å². The van der Waals surface area contributed by atoms with E-state index in [4.69, 9.17) is 5.14 Å². The lowest BCUT2D eigenvalue weighted by atomic mass is 10.2. The normalized spacial score (nSPS) is 12.6. The number of benzene rings is 2. The molecule has 0 spiro atoms. The molecule has 2 rings (SSSR count). The lowest BCUT2D eigenvalue weighted by Gasteiger charge is -2.15. The van der Waals surface area contributed by atoms with Crippen molar-refractivity contribution in [3.63, 3.8) is 0 Å². The Morgan fingerprint density at radius 1 is 1.12 bits per heavy atom. The molecule has 0 aliphatic carbocycles. The molecule has 0 saturated carbocycles. The Balaban J connectivity index is 2.05. The predicted molar refractivity (Wildman–Crippen MR) is 97.6 cm³/mol. The minimum Gasteiger partial charge on any atom is -0.325 e. The number of hydrogen-bond acceptors (Lipinski definition) is 4. The summed E-state index contributed by atoms with van der Waals surface area (Å²) in [6.45, 7) is 3.97. The fraction of sp³-hybridized carbons (Fsp3) is 0.235. The Labute approximate surface area is 146 Å². The summed E-state index contributed by atoms with van der Waals surface area (Å²) in [5, 5.41) is 7.63. The number of hydrogen-bond donors (Lipinski definition) is 2. The number of nitrogens with two attached hydrogens (primary N) is 1. The van der Waals surface area contributed by atoms with E-state index in [2.05, 4.69) is 5.32 Å². The Kier molecular flexibility index (Phi) is 6.04. The maximum Gasteiger partial charge on any atom is 0.238 e. The number of amides is 1. The Bertz CT molecular complexity index is 801. The van der Waals surface area contributed by atoms with Crippen LogP contribution in [0.25, 0.3) is 0 Å². The highest BCUT2D eigenvalue weighted by Crippen LogP contribution is 2.27. The molecular weight excluding hydrogens is 344 g/mol. The molecule has 24 heavy (non-hydrogen) atoms. The highest BCUT2D eigenvalue weighted by Gasteiger charge is 2.18. The van der Waals surface area contributed by atoms with Crippen molar-refractivity contribution in [3.05, 3.63) is 54.1 Å². The summed E-state index contributed by atoms with van der Waals surface area (Å²) in [6.07, 6.45) is 0.680. The topological polar surface area (TPSA) is 89.3 Å². The third-order valence-corrected chi connectivity index (χ3v) is 5.72. The molecule has 0 bridgehead atoms. The molecule has 0 aliphatic rings. The number of rotatable bonds is 6. The smallest absolute Gasteiger partial charge is 0.238 e. The van der Waals surface area contributed by atoms with Crippen molar-refractivity contribution in [2.24, 2.45) is 5.14 Å². The zero-order chi connectivity index (χ0) is 17.7. The van der Waals surface area contributed by atoms with E-state index >= 15 is 0 Å². The largest absolute Gasteiger partial charge is 0.325 e. The molecule has 0 radical (unpaired) electrons. The number of nitrogens with one attached hydrogen (secondary N) is 1. The minimum atomic E-state index is -3.73. The third kappa shape index (κ3) is 5.09. The second-order valence-electron chi connectivity index (χ2n) is 5.39. The monoisotopic (exact) mass is 364 g/mol. The molecule has 0 fully saturated rings. The van der Waals surface area contributed by atoms with Crippen molar-refractivity contribution in [3.8, 4) is 0 Å². The maximum atomic E-state index is 12.4. The van der Waals surface area contributed by atoms with Crippen LogP contribution in [-0.4, -0.2) is 19.6 Å². The first-order valence-corrected chi connectivity index (χ1v) is 9.89. The lowest BCUT2D eigenvalue weighted by Crippen LogP contribution is -2.24. The maximum absolute atomic E-state index is 12.4. The van der Waals surface area contributed by atoms with Gasteiger partial charge < -0.3 is 5.32 Å². The molecule has 0 aromatic heterocycles. The number of anilines is 1. The van der Waals surface area contributed by atoms with E-state index in [1.54, 1.807) is 0 Å². The zero-order valence-electron chi connectivity index (χ0n) is 13.5. The summed E-state index contributed by atoms with van der Waals surface area (Å²) in [7, 11) is -3.73. The first-order chi connectivity index (χ1) is 11.3. The second kappa shape index (κ2) is 7.83. The fourth-order valence-electron chi connectivity index (χ4n) is 2.05. The molecule has 1 amide bonds. The van der Waals surface area contributed by atoms with Crippen LogP contribution in [0.15, 0.2) is 58.3 Å². The number of carbonyl (C=O) groups excluding carboxylic acids is 1. The summed E-state index contributed by atoms with van der Waals surface area (Å²) in [4.78, 5) is 13.5. The number of aryl methyl sites for hydroxylation is 1. The number of primary sulfonamides is 1. The average Bonchev–Trinajstić information content (AvgIpc) is 2.54. The van der Waals surface area contributed by atoms with Crippen molar-refractivity contribution < 1.29 is 13.2 Å². The van der Waals surface area contributed by atoms with E-state index in [0.29, 0.717) is 12.1 Å². The highest BCUT2D eigenvalue weighted by atomic mass is 32.2. The van der Waals surface area contributed by atoms with Crippen molar-refractivity contribution in [2.75, 3.05) is 5.32 Å². The van der Waals surface area contributed by atoms with Gasteiger partial charge >= 0.3 is 0 Å². The van der Waals surface area contributed by atoms with Crippen molar-refractivity contribution in [1.29, 1.82) is 0 Å². The average molecular weight is 364 g/mol. The van der Waals surface area contributed by atoms with Crippen LogP contribution in [0.5, 0.6) is 0 Å². The summed E-state index contributed by atoms with van der Waals surface area (Å²) in [5.41, 5.74) is 1.71. The molecule has 1 atom stereocenters. The van der Waals surface area contributed by atoms with Crippen LogP contribution >= 0.6 is 11.8 Å². The molecule has 1 unspecified atom stereocenters. The first-order valence-electron chi connectivity index (χ1n) is 7.46. The molecule has 0 aliphatic heterocycles. The van der Waals surface area contributed by atoms with E-state index in [1.807, 2.05) is 38.1 Å². The van der Waals surface area contributed by atoms with E-state index in [9.17, 15) is 13.2 Å². The van der Waals surface area contributed by atoms with Gasteiger partial charge in [-0.15, -0.1) is 11.8 Å². The van der Waals surface area contributed by atoms with Crippen LogP contribution in [0.1, 0.15) is 18.9 Å². The summed E-state index contributed by atoms with van der Waals surface area (Å²) < 4.78 is 22.5. The van der Waals surface area contributed by atoms with E-state index in [-0.39, 0.29) is 16.1 Å². The predicted octanol–water partition coefficient (Wildman–Crippen LogP) is 3.15. The molecule has 128 valence electrons. The van der Waals surface area contributed by atoms with E-state index in [1.165, 1.54) is 41.6 Å². The van der Waals surface area contributed by atoms with Gasteiger partial charge in [0.25, 0.3) is 0 Å². The first kappa shape index (κ1) is 18.5. The van der Waals surface area contributed by atoms with Crippen LogP contribution < -0.4 is 10.5 Å². The SMILES string of the molecule is CCC(Sc1ccc(C)cc1)C(=O)Nc1ccc(S(N)(=O)=O)cc1. The zero-order valence-corrected chi connectivity index (χ0v) is 15.2. The van der Waals surface area contributed by atoms with E-state index < -0.39 is 10.0 Å². The van der Waals surface area contributed by atoms with Crippen molar-refractivity contribution in [2.45, 2.75) is 35.3 Å².